The van der Waals surface area contributed by atoms with E-state index in [1.807, 2.05) is 42.1 Å². The first-order valence-corrected chi connectivity index (χ1v) is 7.12. The Kier molecular flexibility index (Phi) is 8.09. The second-order valence-corrected chi connectivity index (χ2v) is 5.04. The van der Waals surface area contributed by atoms with Crippen LogP contribution in [0.1, 0.15) is 18.1 Å². The van der Waals surface area contributed by atoms with Crippen LogP contribution in [0, 0.1) is 0 Å². The highest BCUT2D eigenvalue weighted by molar-refractivity contribution is 7.99. The molecule has 0 fully saturated rings. The molecule has 1 aromatic carbocycles. The molecule has 0 aliphatic carbocycles. The van der Waals surface area contributed by atoms with Crippen LogP contribution in [-0.2, 0) is 0 Å². The zero-order valence-electron chi connectivity index (χ0n) is 10.0. The molecule has 0 spiro atoms. The molecule has 0 aliphatic rings. The third kappa shape index (κ3) is 6.68. The smallest absolute Gasteiger partial charge is 0.0914 e. The molecule has 1 atom stereocenters. The fourth-order valence-electron chi connectivity index (χ4n) is 1.44. The highest BCUT2D eigenvalue weighted by Gasteiger charge is 2.04. The van der Waals surface area contributed by atoms with Gasteiger partial charge in [-0.15, -0.1) is 0 Å². The highest BCUT2D eigenvalue weighted by atomic mass is 32.2. The fourth-order valence-corrected chi connectivity index (χ4v) is 2.27. The molecule has 0 aliphatic heterocycles. The zero-order chi connectivity index (χ0) is 12.3. The van der Waals surface area contributed by atoms with E-state index in [0.29, 0.717) is 6.54 Å². The van der Waals surface area contributed by atoms with E-state index in [-0.39, 0.29) is 6.61 Å². The summed E-state index contributed by atoms with van der Waals surface area (Å²) < 4.78 is 0. The Labute approximate surface area is 107 Å². The third-order valence-electron chi connectivity index (χ3n) is 2.39. The van der Waals surface area contributed by atoms with Crippen LogP contribution in [0.2, 0.25) is 0 Å². The molecular formula is C13H21NO2S. The standard InChI is InChI=1S/C13H21NO2S/c15-8-4-9-17-10-7-14-11-13(16)12-5-2-1-3-6-12/h1-3,5-6,13-16H,4,7-11H2. The number of nitrogens with one attached hydrogen (secondary N) is 1. The van der Waals surface area contributed by atoms with Gasteiger partial charge < -0.3 is 15.5 Å². The maximum absolute atomic E-state index is 9.86. The average Bonchev–Trinajstić information content (AvgIpc) is 2.38. The van der Waals surface area contributed by atoms with Gasteiger partial charge >= 0.3 is 0 Å². The van der Waals surface area contributed by atoms with Gasteiger partial charge in [-0.3, -0.25) is 0 Å². The Bertz CT molecular complexity index is 282. The second kappa shape index (κ2) is 9.48. The van der Waals surface area contributed by atoms with Gasteiger partial charge in [0.05, 0.1) is 6.10 Å². The third-order valence-corrected chi connectivity index (χ3v) is 3.46. The molecule has 0 saturated carbocycles. The van der Waals surface area contributed by atoms with Crippen molar-refractivity contribution in [3.63, 3.8) is 0 Å². The van der Waals surface area contributed by atoms with Crippen molar-refractivity contribution >= 4 is 11.8 Å². The van der Waals surface area contributed by atoms with Crippen molar-refractivity contribution in [1.29, 1.82) is 0 Å². The summed E-state index contributed by atoms with van der Waals surface area (Å²) in [4.78, 5) is 0. The molecule has 4 heteroatoms. The molecule has 0 amide bonds. The number of aliphatic hydroxyl groups is 2. The largest absolute Gasteiger partial charge is 0.396 e. The van der Waals surface area contributed by atoms with Gasteiger partial charge in [0, 0.05) is 25.4 Å². The first-order chi connectivity index (χ1) is 8.34. The van der Waals surface area contributed by atoms with Crippen molar-refractivity contribution in [3.05, 3.63) is 35.9 Å². The number of hydrogen-bond acceptors (Lipinski definition) is 4. The molecule has 0 aromatic heterocycles. The minimum absolute atomic E-state index is 0.271. The number of benzene rings is 1. The molecule has 0 saturated heterocycles. The van der Waals surface area contributed by atoms with Gasteiger partial charge in [0.1, 0.15) is 0 Å². The molecule has 17 heavy (non-hydrogen) atoms. The summed E-state index contributed by atoms with van der Waals surface area (Å²) in [5, 5.41) is 21.7. The molecule has 0 bridgehead atoms. The van der Waals surface area contributed by atoms with Gasteiger partial charge in [0.15, 0.2) is 0 Å². The number of aliphatic hydroxyl groups excluding tert-OH is 2. The molecule has 1 unspecified atom stereocenters. The first kappa shape index (κ1) is 14.5. The van der Waals surface area contributed by atoms with E-state index in [9.17, 15) is 5.11 Å². The summed E-state index contributed by atoms with van der Waals surface area (Å²) >= 11 is 1.82. The summed E-state index contributed by atoms with van der Waals surface area (Å²) in [6.45, 7) is 1.75. The van der Waals surface area contributed by atoms with Crippen molar-refractivity contribution in [2.45, 2.75) is 12.5 Å². The van der Waals surface area contributed by atoms with Gasteiger partial charge in [-0.1, -0.05) is 30.3 Å². The molecule has 3 nitrogen and oxygen atoms in total. The van der Waals surface area contributed by atoms with E-state index in [2.05, 4.69) is 5.32 Å². The lowest BCUT2D eigenvalue weighted by Crippen LogP contribution is -2.23. The summed E-state index contributed by atoms with van der Waals surface area (Å²) in [5.41, 5.74) is 0.952. The average molecular weight is 255 g/mol. The molecule has 3 N–H and O–H groups in total. The topological polar surface area (TPSA) is 52.5 Å². The van der Waals surface area contributed by atoms with Crippen LogP contribution in [0.4, 0.5) is 0 Å². The SMILES string of the molecule is OCCCSCCNCC(O)c1ccccc1. The normalized spacial score (nSPS) is 12.6. The van der Waals surface area contributed by atoms with Crippen LogP contribution >= 0.6 is 11.8 Å². The highest BCUT2D eigenvalue weighted by Crippen LogP contribution is 2.10. The van der Waals surface area contributed by atoms with Gasteiger partial charge in [-0.2, -0.15) is 11.8 Å². The number of thioether (sulfide) groups is 1. The van der Waals surface area contributed by atoms with Crippen LogP contribution in [0.25, 0.3) is 0 Å². The van der Waals surface area contributed by atoms with Crippen molar-refractivity contribution in [2.24, 2.45) is 0 Å². The Morgan fingerprint density at radius 3 is 2.65 bits per heavy atom. The summed E-state index contributed by atoms with van der Waals surface area (Å²) in [6.07, 6.45) is 0.427. The van der Waals surface area contributed by atoms with Gasteiger partial charge in [-0.05, 0) is 17.7 Å². The summed E-state index contributed by atoms with van der Waals surface area (Å²) in [7, 11) is 0. The molecule has 0 radical (unpaired) electrons. The van der Waals surface area contributed by atoms with Crippen LogP contribution in [-0.4, -0.2) is 41.4 Å². The van der Waals surface area contributed by atoms with Crippen molar-refractivity contribution in [2.75, 3.05) is 31.2 Å². The van der Waals surface area contributed by atoms with E-state index in [1.165, 1.54) is 0 Å². The van der Waals surface area contributed by atoms with Gasteiger partial charge in [-0.25, -0.2) is 0 Å². The maximum atomic E-state index is 9.86. The lowest BCUT2D eigenvalue weighted by atomic mass is 10.1. The molecule has 1 rings (SSSR count). The van der Waals surface area contributed by atoms with Gasteiger partial charge in [0.2, 0.25) is 0 Å². The fraction of sp³-hybridized carbons (Fsp3) is 0.538. The van der Waals surface area contributed by atoms with Crippen LogP contribution in [0.5, 0.6) is 0 Å². The lowest BCUT2D eigenvalue weighted by molar-refractivity contribution is 0.176. The predicted molar refractivity (Wildman–Crippen MR) is 73.3 cm³/mol. The van der Waals surface area contributed by atoms with E-state index in [4.69, 9.17) is 5.11 Å². The summed E-state index contributed by atoms with van der Waals surface area (Å²) in [5.74, 6) is 2.01. The number of rotatable bonds is 9. The Hall–Kier alpha value is -0.550. The van der Waals surface area contributed by atoms with Crippen LogP contribution < -0.4 is 5.32 Å². The summed E-state index contributed by atoms with van der Waals surface area (Å²) in [6, 6.07) is 9.68. The van der Waals surface area contributed by atoms with E-state index < -0.39 is 6.10 Å². The lowest BCUT2D eigenvalue weighted by Gasteiger charge is -2.11. The Balaban J connectivity index is 2.03. The molecular weight excluding hydrogens is 234 g/mol. The Morgan fingerprint density at radius 1 is 1.18 bits per heavy atom. The quantitative estimate of drug-likeness (QED) is 0.584. The predicted octanol–water partition coefficient (Wildman–Crippen LogP) is 1.43. The maximum Gasteiger partial charge on any atom is 0.0914 e. The minimum atomic E-state index is -0.432. The molecule has 1 aromatic rings. The van der Waals surface area contributed by atoms with Crippen LogP contribution in [0.3, 0.4) is 0 Å². The van der Waals surface area contributed by atoms with Crippen LogP contribution in [0.15, 0.2) is 30.3 Å². The van der Waals surface area contributed by atoms with E-state index in [0.717, 1.165) is 30.0 Å². The van der Waals surface area contributed by atoms with E-state index >= 15 is 0 Å². The second-order valence-electron chi connectivity index (χ2n) is 3.82. The van der Waals surface area contributed by atoms with Gasteiger partial charge in [0.25, 0.3) is 0 Å². The zero-order valence-corrected chi connectivity index (χ0v) is 10.8. The monoisotopic (exact) mass is 255 g/mol. The Morgan fingerprint density at radius 2 is 1.94 bits per heavy atom. The first-order valence-electron chi connectivity index (χ1n) is 5.97. The molecule has 0 heterocycles. The number of hydrogen-bond donors (Lipinski definition) is 3. The van der Waals surface area contributed by atoms with Crippen molar-refractivity contribution in [3.8, 4) is 0 Å². The van der Waals surface area contributed by atoms with Crippen molar-refractivity contribution < 1.29 is 10.2 Å². The molecule has 96 valence electrons. The van der Waals surface area contributed by atoms with Crippen molar-refractivity contribution in [1.82, 2.24) is 5.32 Å². The minimum Gasteiger partial charge on any atom is -0.396 e. The van der Waals surface area contributed by atoms with E-state index in [1.54, 1.807) is 0 Å².